The topological polar surface area (TPSA) is 167 Å². The van der Waals surface area contributed by atoms with Crippen LogP contribution >= 0.6 is 0 Å². The van der Waals surface area contributed by atoms with Crippen molar-refractivity contribution in [1.82, 2.24) is 0 Å². The molecule has 0 bridgehead atoms. The van der Waals surface area contributed by atoms with E-state index in [1.165, 1.54) is 0 Å². The third-order valence-electron chi connectivity index (χ3n) is 5.67. The Balaban J connectivity index is 2.58. The number of ether oxygens (including phenoxy) is 7. The molecular formula is C29H40O13. The summed E-state index contributed by atoms with van der Waals surface area (Å²) in [5.41, 5.74) is 0. The maximum Gasteiger partial charge on any atom is 0.330 e. The van der Waals surface area contributed by atoms with Crippen molar-refractivity contribution in [2.45, 2.75) is 82.7 Å². The van der Waals surface area contributed by atoms with Crippen LogP contribution < -0.4 is 0 Å². The first kappa shape index (κ1) is 36.0. The summed E-state index contributed by atoms with van der Waals surface area (Å²) in [5, 5.41) is 0. The molecule has 0 N–H and O–H groups in total. The molecule has 0 unspecified atom stereocenters. The van der Waals surface area contributed by atoms with Gasteiger partial charge in [0.25, 0.3) is 0 Å². The molecule has 0 aromatic heterocycles. The number of carbonyl (C=O) groups is 6. The van der Waals surface area contributed by atoms with E-state index in [1.807, 2.05) is 0 Å². The summed E-state index contributed by atoms with van der Waals surface area (Å²) >= 11 is 0. The molecule has 1 heterocycles. The highest BCUT2D eigenvalue weighted by Gasteiger charge is 2.38. The molecule has 0 aromatic carbocycles. The van der Waals surface area contributed by atoms with Crippen LogP contribution in [0.3, 0.4) is 0 Å². The fourth-order valence-electron chi connectivity index (χ4n) is 3.51. The zero-order chi connectivity index (χ0) is 31.2. The molecular weight excluding hydrogens is 556 g/mol. The Morgan fingerprint density at radius 3 is 1.36 bits per heavy atom. The minimum atomic E-state index is -1.03. The third-order valence-corrected chi connectivity index (χ3v) is 5.67. The maximum absolute atomic E-state index is 12.5. The van der Waals surface area contributed by atoms with E-state index in [4.69, 9.17) is 33.2 Å². The number of unbranched alkanes of at least 4 members (excludes halogenated alkanes) is 3. The predicted molar refractivity (Wildman–Crippen MR) is 145 cm³/mol. The van der Waals surface area contributed by atoms with Crippen molar-refractivity contribution in [3.63, 3.8) is 0 Å². The summed E-state index contributed by atoms with van der Waals surface area (Å²) in [6, 6.07) is 0. The van der Waals surface area contributed by atoms with E-state index < -0.39 is 54.3 Å². The highest BCUT2D eigenvalue weighted by atomic mass is 16.7. The summed E-state index contributed by atoms with van der Waals surface area (Å²) < 4.78 is 36.5. The van der Waals surface area contributed by atoms with E-state index >= 15 is 0 Å². The lowest BCUT2D eigenvalue weighted by molar-refractivity contribution is -0.230. The van der Waals surface area contributed by atoms with Crippen molar-refractivity contribution in [3.8, 4) is 0 Å². The Labute approximate surface area is 245 Å². The van der Waals surface area contributed by atoms with Gasteiger partial charge in [-0.05, 0) is 38.5 Å². The second kappa shape index (κ2) is 21.7. The molecule has 1 fully saturated rings. The van der Waals surface area contributed by atoms with E-state index in [9.17, 15) is 28.8 Å². The van der Waals surface area contributed by atoms with E-state index in [2.05, 4.69) is 19.7 Å². The monoisotopic (exact) mass is 596 g/mol. The third kappa shape index (κ3) is 17.0. The molecule has 1 aliphatic rings. The van der Waals surface area contributed by atoms with Gasteiger partial charge in [-0.2, -0.15) is 0 Å². The molecule has 0 saturated carbocycles. The highest BCUT2D eigenvalue weighted by Crippen LogP contribution is 2.23. The smallest absolute Gasteiger partial charge is 0.330 e. The zero-order valence-electron chi connectivity index (χ0n) is 23.8. The molecule has 0 aliphatic carbocycles. The molecule has 0 amide bonds. The lowest BCUT2D eigenvalue weighted by Crippen LogP contribution is -2.47. The molecule has 1 aliphatic heterocycles. The molecule has 0 radical (unpaired) electrons. The SMILES string of the molecule is C=CC(=O)OCCCCC(=O)O[C@H]1C[C@H](OC(=O)CCCCOC(=O)C=C)[C@H](OC(=O)CCCCOC(=O)C=C)CO1. The summed E-state index contributed by atoms with van der Waals surface area (Å²) in [4.78, 5) is 70.4. The van der Waals surface area contributed by atoms with Gasteiger partial charge in [-0.15, -0.1) is 0 Å². The van der Waals surface area contributed by atoms with Crippen LogP contribution in [-0.4, -0.2) is 80.7 Å². The van der Waals surface area contributed by atoms with Gasteiger partial charge in [0, 0.05) is 37.5 Å². The van der Waals surface area contributed by atoms with Gasteiger partial charge in [0.05, 0.1) is 32.8 Å². The Kier molecular flexibility index (Phi) is 18.6. The lowest BCUT2D eigenvalue weighted by atomic mass is 10.1. The van der Waals surface area contributed by atoms with Crippen molar-refractivity contribution in [2.24, 2.45) is 0 Å². The maximum atomic E-state index is 12.5. The van der Waals surface area contributed by atoms with Gasteiger partial charge in [-0.25, -0.2) is 14.4 Å². The first-order valence-corrected chi connectivity index (χ1v) is 13.8. The quantitative estimate of drug-likeness (QED) is 0.0822. The Hall–Kier alpha value is -4.00. The summed E-state index contributed by atoms with van der Waals surface area (Å²) in [6.45, 7) is 10.1. The van der Waals surface area contributed by atoms with Gasteiger partial charge in [0.2, 0.25) is 6.29 Å². The molecule has 1 rings (SSSR count). The summed E-state index contributed by atoms with van der Waals surface area (Å²) in [6.07, 6.45) is 2.80. The van der Waals surface area contributed by atoms with Gasteiger partial charge >= 0.3 is 35.8 Å². The number of rotatable bonds is 21. The van der Waals surface area contributed by atoms with Crippen molar-refractivity contribution in [3.05, 3.63) is 38.0 Å². The number of esters is 6. The largest absolute Gasteiger partial charge is 0.463 e. The fourth-order valence-corrected chi connectivity index (χ4v) is 3.51. The van der Waals surface area contributed by atoms with Crippen LogP contribution in [0.2, 0.25) is 0 Å². The van der Waals surface area contributed by atoms with Gasteiger partial charge < -0.3 is 33.2 Å². The minimum Gasteiger partial charge on any atom is -0.463 e. The van der Waals surface area contributed by atoms with Crippen LogP contribution in [0.4, 0.5) is 0 Å². The molecule has 13 nitrogen and oxygen atoms in total. The van der Waals surface area contributed by atoms with Gasteiger partial charge in [-0.1, -0.05) is 19.7 Å². The standard InChI is InChI=1S/C29H40O13/c1-4-23(30)36-16-10-7-13-26(33)40-21-19-29(42-28(35)15-9-12-18-38-25(32)6-3)39-20-22(21)41-27(34)14-8-11-17-37-24(31)5-2/h4-6,21-22,29H,1-3,7-20H2/t21-,22+,29-/m0/s1. The minimum absolute atomic E-state index is 0.0218. The first-order valence-electron chi connectivity index (χ1n) is 13.8. The first-order chi connectivity index (χ1) is 20.2. The van der Waals surface area contributed by atoms with Crippen molar-refractivity contribution >= 4 is 35.8 Å². The number of carbonyl (C=O) groups excluding carboxylic acids is 6. The normalized spacial score (nSPS) is 17.6. The molecule has 0 spiro atoms. The average molecular weight is 597 g/mol. The molecule has 42 heavy (non-hydrogen) atoms. The van der Waals surface area contributed by atoms with Crippen LogP contribution in [0.15, 0.2) is 38.0 Å². The number of hydrogen-bond donors (Lipinski definition) is 0. The molecule has 3 atom stereocenters. The van der Waals surface area contributed by atoms with E-state index in [-0.39, 0.29) is 52.1 Å². The van der Waals surface area contributed by atoms with Crippen LogP contribution in [0.5, 0.6) is 0 Å². The molecule has 13 heteroatoms. The van der Waals surface area contributed by atoms with Gasteiger partial charge in [-0.3, -0.25) is 14.4 Å². The Morgan fingerprint density at radius 1 is 0.571 bits per heavy atom. The summed E-state index contributed by atoms with van der Waals surface area (Å²) in [7, 11) is 0. The average Bonchev–Trinajstić information content (AvgIpc) is 2.97. The molecule has 0 aromatic rings. The highest BCUT2D eigenvalue weighted by molar-refractivity contribution is 5.81. The fraction of sp³-hybridized carbons (Fsp3) is 0.586. The van der Waals surface area contributed by atoms with Crippen LogP contribution in [0.25, 0.3) is 0 Å². The Bertz CT molecular complexity index is 942. The molecule has 1 saturated heterocycles. The van der Waals surface area contributed by atoms with E-state index in [1.54, 1.807) is 0 Å². The summed E-state index contributed by atoms with van der Waals surface area (Å²) in [5.74, 6) is -3.34. The second-order valence-electron chi connectivity index (χ2n) is 9.03. The predicted octanol–water partition coefficient (Wildman–Crippen LogP) is 2.80. The number of hydrogen-bond acceptors (Lipinski definition) is 13. The zero-order valence-corrected chi connectivity index (χ0v) is 23.8. The van der Waals surface area contributed by atoms with Crippen molar-refractivity contribution in [2.75, 3.05) is 26.4 Å². The second-order valence-corrected chi connectivity index (χ2v) is 9.03. The van der Waals surface area contributed by atoms with Crippen molar-refractivity contribution in [1.29, 1.82) is 0 Å². The van der Waals surface area contributed by atoms with Crippen molar-refractivity contribution < 1.29 is 61.9 Å². The van der Waals surface area contributed by atoms with E-state index in [0.29, 0.717) is 38.5 Å². The molecule has 234 valence electrons. The lowest BCUT2D eigenvalue weighted by Gasteiger charge is -2.34. The van der Waals surface area contributed by atoms with Crippen LogP contribution in [0.1, 0.15) is 64.2 Å². The Morgan fingerprint density at radius 2 is 0.952 bits per heavy atom. The van der Waals surface area contributed by atoms with Crippen LogP contribution in [0, 0.1) is 0 Å². The van der Waals surface area contributed by atoms with Crippen LogP contribution in [-0.2, 0) is 61.9 Å². The van der Waals surface area contributed by atoms with Gasteiger partial charge in [0.15, 0.2) is 6.10 Å². The van der Waals surface area contributed by atoms with E-state index in [0.717, 1.165) is 18.2 Å². The van der Waals surface area contributed by atoms with Gasteiger partial charge in [0.1, 0.15) is 6.10 Å².